The van der Waals surface area contributed by atoms with Gasteiger partial charge < -0.3 is 15.5 Å². The first-order valence-corrected chi connectivity index (χ1v) is 8.29. The lowest BCUT2D eigenvalue weighted by Crippen LogP contribution is -2.36. The van der Waals surface area contributed by atoms with Crippen LogP contribution in [-0.2, 0) is 11.0 Å². The number of fused-ring (bicyclic) bond motifs is 1. The summed E-state index contributed by atoms with van der Waals surface area (Å²) in [6, 6.07) is 4.25. The SMILES string of the molecule is NCC1(CC(=O)Nc2ccc3oc(C(F)(F)F)nc3c2)CCCCC1. The molecular weight excluding hydrogens is 335 g/mol. The summed E-state index contributed by atoms with van der Waals surface area (Å²) >= 11 is 0. The van der Waals surface area contributed by atoms with Gasteiger partial charge in [0.05, 0.1) is 0 Å². The van der Waals surface area contributed by atoms with Crippen LogP contribution in [0.25, 0.3) is 11.1 Å². The highest BCUT2D eigenvalue weighted by atomic mass is 19.4. The smallest absolute Gasteiger partial charge is 0.433 e. The van der Waals surface area contributed by atoms with Crippen LogP contribution >= 0.6 is 0 Å². The third-order valence-electron chi connectivity index (χ3n) is 4.80. The summed E-state index contributed by atoms with van der Waals surface area (Å²) in [5, 5.41) is 2.73. The number of alkyl halides is 3. The van der Waals surface area contributed by atoms with E-state index in [9.17, 15) is 18.0 Å². The van der Waals surface area contributed by atoms with Crippen LogP contribution in [0.2, 0.25) is 0 Å². The second-order valence-corrected chi connectivity index (χ2v) is 6.69. The van der Waals surface area contributed by atoms with E-state index in [2.05, 4.69) is 14.7 Å². The first-order valence-electron chi connectivity index (χ1n) is 8.29. The third-order valence-corrected chi connectivity index (χ3v) is 4.80. The van der Waals surface area contributed by atoms with E-state index in [0.29, 0.717) is 18.7 Å². The number of nitrogens with two attached hydrogens (primary N) is 1. The number of benzene rings is 1. The fourth-order valence-electron chi connectivity index (χ4n) is 3.43. The summed E-state index contributed by atoms with van der Waals surface area (Å²) in [7, 11) is 0. The van der Waals surface area contributed by atoms with Crippen molar-refractivity contribution in [2.24, 2.45) is 11.1 Å². The van der Waals surface area contributed by atoms with Gasteiger partial charge in [-0.3, -0.25) is 4.79 Å². The Hall–Kier alpha value is -2.09. The van der Waals surface area contributed by atoms with Gasteiger partial charge in [-0.25, -0.2) is 4.98 Å². The Kier molecular flexibility index (Phi) is 4.73. The average molecular weight is 355 g/mol. The molecule has 25 heavy (non-hydrogen) atoms. The molecule has 3 rings (SSSR count). The summed E-state index contributed by atoms with van der Waals surface area (Å²) in [5.41, 5.74) is 6.18. The third kappa shape index (κ3) is 3.95. The van der Waals surface area contributed by atoms with Gasteiger partial charge in [0.15, 0.2) is 5.58 Å². The van der Waals surface area contributed by atoms with Crippen molar-refractivity contribution in [3.63, 3.8) is 0 Å². The van der Waals surface area contributed by atoms with Crippen molar-refractivity contribution in [3.05, 3.63) is 24.1 Å². The van der Waals surface area contributed by atoms with E-state index in [1.54, 1.807) is 0 Å². The Balaban J connectivity index is 1.72. The number of nitrogens with zero attached hydrogens (tertiary/aromatic N) is 1. The van der Waals surface area contributed by atoms with Crippen LogP contribution < -0.4 is 11.1 Å². The number of carbonyl (C=O) groups excluding carboxylic acids is 1. The molecular formula is C17H20F3N3O2. The van der Waals surface area contributed by atoms with Crippen molar-refractivity contribution in [1.29, 1.82) is 0 Å². The molecule has 1 aliphatic rings. The topological polar surface area (TPSA) is 81.2 Å². The molecule has 0 bridgehead atoms. The molecule has 8 heteroatoms. The summed E-state index contributed by atoms with van der Waals surface area (Å²) in [6.45, 7) is 0.456. The molecule has 1 aliphatic carbocycles. The van der Waals surface area contributed by atoms with Crippen molar-refractivity contribution in [3.8, 4) is 0 Å². The van der Waals surface area contributed by atoms with E-state index in [1.807, 2.05) is 0 Å². The van der Waals surface area contributed by atoms with Gasteiger partial charge in [0, 0.05) is 12.1 Å². The number of halogens is 3. The van der Waals surface area contributed by atoms with Gasteiger partial charge in [-0.05, 0) is 43.0 Å². The molecule has 5 nitrogen and oxygen atoms in total. The number of hydrogen-bond acceptors (Lipinski definition) is 4. The number of amides is 1. The number of carbonyl (C=O) groups is 1. The molecule has 1 saturated carbocycles. The van der Waals surface area contributed by atoms with Gasteiger partial charge in [-0.1, -0.05) is 19.3 Å². The number of rotatable bonds is 4. The molecule has 0 aliphatic heterocycles. The predicted octanol–water partition coefficient (Wildman–Crippen LogP) is 4.08. The van der Waals surface area contributed by atoms with Crippen LogP contribution in [0.15, 0.2) is 22.6 Å². The molecule has 1 aromatic carbocycles. The maximum Gasteiger partial charge on any atom is 0.468 e. The average Bonchev–Trinajstić information content (AvgIpc) is 2.99. The molecule has 1 heterocycles. The van der Waals surface area contributed by atoms with E-state index in [0.717, 1.165) is 32.1 Å². The molecule has 0 spiro atoms. The van der Waals surface area contributed by atoms with E-state index in [4.69, 9.17) is 5.73 Å². The van der Waals surface area contributed by atoms with Crippen LogP contribution in [0, 0.1) is 5.41 Å². The Morgan fingerprint density at radius 2 is 2.00 bits per heavy atom. The van der Waals surface area contributed by atoms with Crippen LogP contribution in [0.4, 0.5) is 18.9 Å². The number of hydrogen-bond donors (Lipinski definition) is 2. The second kappa shape index (κ2) is 6.67. The zero-order chi connectivity index (χ0) is 18.1. The molecule has 0 atom stereocenters. The Morgan fingerprint density at radius 1 is 1.28 bits per heavy atom. The lowest BCUT2D eigenvalue weighted by molar-refractivity contribution is -0.156. The standard InChI is InChI=1S/C17H20F3N3O2/c18-17(19,20)15-23-12-8-11(4-5-13(12)25-15)22-14(24)9-16(10-21)6-2-1-3-7-16/h4-5,8H,1-3,6-7,9-10,21H2,(H,22,24). The van der Waals surface area contributed by atoms with Crippen molar-refractivity contribution >= 4 is 22.7 Å². The summed E-state index contributed by atoms with van der Waals surface area (Å²) in [4.78, 5) is 15.8. The van der Waals surface area contributed by atoms with Gasteiger partial charge in [0.1, 0.15) is 5.52 Å². The van der Waals surface area contributed by atoms with Crippen LogP contribution in [0.3, 0.4) is 0 Å². The Bertz CT molecular complexity index is 764. The summed E-state index contributed by atoms with van der Waals surface area (Å²) < 4.78 is 42.6. The summed E-state index contributed by atoms with van der Waals surface area (Å²) in [6.07, 6.45) is 0.812. The molecule has 1 aromatic heterocycles. The van der Waals surface area contributed by atoms with Crippen molar-refractivity contribution in [2.75, 3.05) is 11.9 Å². The molecule has 0 radical (unpaired) electrons. The molecule has 1 amide bonds. The van der Waals surface area contributed by atoms with Gasteiger partial charge in [0.25, 0.3) is 0 Å². The van der Waals surface area contributed by atoms with E-state index < -0.39 is 12.1 Å². The van der Waals surface area contributed by atoms with Gasteiger partial charge in [-0.2, -0.15) is 13.2 Å². The Morgan fingerprint density at radius 3 is 2.64 bits per heavy atom. The lowest BCUT2D eigenvalue weighted by atomic mass is 9.71. The number of anilines is 1. The van der Waals surface area contributed by atoms with Gasteiger partial charge in [0.2, 0.25) is 5.91 Å². The van der Waals surface area contributed by atoms with Crippen LogP contribution in [-0.4, -0.2) is 17.4 Å². The van der Waals surface area contributed by atoms with Crippen molar-refractivity contribution in [2.45, 2.75) is 44.7 Å². The zero-order valence-corrected chi connectivity index (χ0v) is 13.7. The minimum atomic E-state index is -4.64. The molecule has 0 saturated heterocycles. The second-order valence-electron chi connectivity index (χ2n) is 6.69. The zero-order valence-electron chi connectivity index (χ0n) is 13.7. The number of nitrogens with one attached hydrogen (secondary N) is 1. The molecule has 2 aromatic rings. The maximum atomic E-state index is 12.6. The van der Waals surface area contributed by atoms with Crippen molar-refractivity contribution < 1.29 is 22.4 Å². The predicted molar refractivity (Wildman–Crippen MR) is 86.8 cm³/mol. The first-order chi connectivity index (χ1) is 11.8. The normalized spacial score (nSPS) is 17.6. The molecule has 0 unspecified atom stereocenters. The fourth-order valence-corrected chi connectivity index (χ4v) is 3.43. The lowest BCUT2D eigenvalue weighted by Gasteiger charge is -2.35. The van der Waals surface area contributed by atoms with Gasteiger partial charge in [-0.15, -0.1) is 0 Å². The van der Waals surface area contributed by atoms with E-state index in [-0.39, 0.29) is 22.4 Å². The van der Waals surface area contributed by atoms with E-state index >= 15 is 0 Å². The first kappa shape index (κ1) is 17.7. The minimum absolute atomic E-state index is 0.0241. The number of aromatic nitrogens is 1. The van der Waals surface area contributed by atoms with Crippen molar-refractivity contribution in [1.82, 2.24) is 4.98 Å². The fraction of sp³-hybridized carbons (Fsp3) is 0.529. The Labute approximate surface area is 142 Å². The highest BCUT2D eigenvalue weighted by Gasteiger charge is 2.37. The van der Waals surface area contributed by atoms with E-state index in [1.165, 1.54) is 18.2 Å². The van der Waals surface area contributed by atoms with Gasteiger partial charge >= 0.3 is 12.1 Å². The highest BCUT2D eigenvalue weighted by molar-refractivity contribution is 5.93. The monoisotopic (exact) mass is 355 g/mol. The quantitative estimate of drug-likeness (QED) is 0.866. The maximum absolute atomic E-state index is 12.6. The van der Waals surface area contributed by atoms with Crippen LogP contribution in [0.5, 0.6) is 0 Å². The minimum Gasteiger partial charge on any atom is -0.433 e. The molecule has 136 valence electrons. The van der Waals surface area contributed by atoms with Crippen LogP contribution in [0.1, 0.15) is 44.4 Å². The number of oxazole rings is 1. The highest BCUT2D eigenvalue weighted by Crippen LogP contribution is 2.38. The molecule has 1 fully saturated rings. The summed E-state index contributed by atoms with van der Waals surface area (Å²) in [5.74, 6) is -1.48. The largest absolute Gasteiger partial charge is 0.468 e. The molecule has 3 N–H and O–H groups in total.